The molecule has 20 heavy (non-hydrogen) atoms. The second-order valence-electron chi connectivity index (χ2n) is 5.29. The van der Waals surface area contributed by atoms with Gasteiger partial charge in [-0.25, -0.2) is 0 Å². The fourth-order valence-corrected chi connectivity index (χ4v) is 2.71. The van der Waals surface area contributed by atoms with Crippen molar-refractivity contribution in [3.63, 3.8) is 0 Å². The van der Waals surface area contributed by atoms with Gasteiger partial charge in [0.15, 0.2) is 11.5 Å². The molecule has 0 radical (unpaired) electrons. The molecule has 3 rings (SSSR count). The number of carbonyl (C=O) groups is 1. The van der Waals surface area contributed by atoms with Crippen LogP contribution in [0.5, 0.6) is 11.5 Å². The van der Waals surface area contributed by atoms with Gasteiger partial charge >= 0.3 is 0 Å². The number of carbonyl (C=O) groups excluding carboxylic acids is 1. The molecule has 0 spiro atoms. The maximum atomic E-state index is 12.4. The highest BCUT2D eigenvalue weighted by Gasteiger charge is 2.36. The standard InChI is InChI=1S/C14H17ClN2O3/c1-14(3-2-4-16-14)13(18)17-10-8-12-11(7-9(10)15)19-5-6-20-12/h7-8,16H,2-6H2,1H3,(H,17,18). The van der Waals surface area contributed by atoms with Crippen molar-refractivity contribution in [3.05, 3.63) is 17.2 Å². The van der Waals surface area contributed by atoms with Crippen molar-refractivity contribution in [1.29, 1.82) is 0 Å². The quantitative estimate of drug-likeness (QED) is 0.878. The molecule has 2 heterocycles. The smallest absolute Gasteiger partial charge is 0.244 e. The van der Waals surface area contributed by atoms with Crippen LogP contribution in [0.1, 0.15) is 19.8 Å². The van der Waals surface area contributed by atoms with Gasteiger partial charge < -0.3 is 20.1 Å². The second kappa shape index (κ2) is 5.14. The molecule has 1 fully saturated rings. The van der Waals surface area contributed by atoms with Crippen molar-refractivity contribution in [1.82, 2.24) is 5.32 Å². The highest BCUT2D eigenvalue weighted by molar-refractivity contribution is 6.34. The molecule has 0 aliphatic carbocycles. The number of fused-ring (bicyclic) bond motifs is 1. The zero-order valence-corrected chi connectivity index (χ0v) is 12.0. The van der Waals surface area contributed by atoms with E-state index in [1.165, 1.54) is 0 Å². The Labute approximate surface area is 122 Å². The van der Waals surface area contributed by atoms with Crippen LogP contribution in [0.4, 0.5) is 5.69 Å². The summed E-state index contributed by atoms with van der Waals surface area (Å²) in [6.07, 6.45) is 1.82. The first-order chi connectivity index (χ1) is 9.58. The SMILES string of the molecule is CC1(C(=O)Nc2cc3c(cc2Cl)OCCO3)CCCN1. The summed E-state index contributed by atoms with van der Waals surface area (Å²) in [6, 6.07) is 3.39. The summed E-state index contributed by atoms with van der Waals surface area (Å²) in [5.41, 5.74) is 0.0205. The molecule has 1 amide bonds. The van der Waals surface area contributed by atoms with E-state index in [0.29, 0.717) is 35.4 Å². The molecule has 1 unspecified atom stereocenters. The molecule has 1 aromatic carbocycles. The van der Waals surface area contributed by atoms with E-state index in [1.54, 1.807) is 12.1 Å². The van der Waals surface area contributed by atoms with E-state index in [0.717, 1.165) is 19.4 Å². The lowest BCUT2D eigenvalue weighted by atomic mass is 9.99. The van der Waals surface area contributed by atoms with Crippen molar-refractivity contribution in [2.24, 2.45) is 0 Å². The minimum Gasteiger partial charge on any atom is -0.486 e. The number of amides is 1. The highest BCUT2D eigenvalue weighted by atomic mass is 35.5. The van der Waals surface area contributed by atoms with Gasteiger partial charge in [-0.15, -0.1) is 0 Å². The summed E-state index contributed by atoms with van der Waals surface area (Å²) in [5.74, 6) is 1.15. The molecule has 6 heteroatoms. The number of hydrogen-bond acceptors (Lipinski definition) is 4. The van der Waals surface area contributed by atoms with Crippen LogP contribution in [0, 0.1) is 0 Å². The largest absolute Gasteiger partial charge is 0.486 e. The zero-order valence-electron chi connectivity index (χ0n) is 11.3. The minimum atomic E-state index is -0.531. The Bertz CT molecular complexity index is 541. The number of ether oxygens (including phenoxy) is 2. The maximum absolute atomic E-state index is 12.4. The van der Waals surface area contributed by atoms with Crippen LogP contribution < -0.4 is 20.1 Å². The number of benzene rings is 1. The van der Waals surface area contributed by atoms with Gasteiger partial charge in [0, 0.05) is 12.1 Å². The Balaban J connectivity index is 1.82. The second-order valence-corrected chi connectivity index (χ2v) is 5.70. The molecule has 2 N–H and O–H groups in total. The van der Waals surface area contributed by atoms with Crippen LogP contribution in [-0.2, 0) is 4.79 Å². The van der Waals surface area contributed by atoms with E-state index in [4.69, 9.17) is 21.1 Å². The topological polar surface area (TPSA) is 59.6 Å². The highest BCUT2D eigenvalue weighted by Crippen LogP contribution is 2.38. The first-order valence-corrected chi connectivity index (χ1v) is 7.12. The van der Waals surface area contributed by atoms with Crippen LogP contribution in [0.25, 0.3) is 0 Å². The van der Waals surface area contributed by atoms with Crippen LogP contribution in [0.2, 0.25) is 5.02 Å². The van der Waals surface area contributed by atoms with E-state index >= 15 is 0 Å². The zero-order chi connectivity index (χ0) is 14.2. The molecular weight excluding hydrogens is 280 g/mol. The summed E-state index contributed by atoms with van der Waals surface area (Å²) < 4.78 is 11.0. The van der Waals surface area contributed by atoms with E-state index < -0.39 is 5.54 Å². The monoisotopic (exact) mass is 296 g/mol. The minimum absolute atomic E-state index is 0.0754. The van der Waals surface area contributed by atoms with Crippen LogP contribution in [0.15, 0.2) is 12.1 Å². The predicted octanol–water partition coefficient (Wildman–Crippen LogP) is 2.19. The summed E-state index contributed by atoms with van der Waals surface area (Å²) in [4.78, 5) is 12.4. The third-order valence-electron chi connectivity index (χ3n) is 3.75. The normalized spacial score (nSPS) is 24.5. The Morgan fingerprint density at radius 1 is 1.35 bits per heavy atom. The molecule has 5 nitrogen and oxygen atoms in total. The van der Waals surface area contributed by atoms with Gasteiger partial charge in [0.25, 0.3) is 0 Å². The Hall–Kier alpha value is -1.46. The molecule has 2 aliphatic heterocycles. The number of rotatable bonds is 2. The first-order valence-electron chi connectivity index (χ1n) is 6.74. The van der Waals surface area contributed by atoms with Crippen LogP contribution >= 0.6 is 11.6 Å². The van der Waals surface area contributed by atoms with Crippen molar-refractivity contribution in [3.8, 4) is 11.5 Å². The fourth-order valence-electron chi connectivity index (χ4n) is 2.51. The van der Waals surface area contributed by atoms with Gasteiger partial charge in [-0.1, -0.05) is 11.6 Å². The van der Waals surface area contributed by atoms with Gasteiger partial charge in [-0.05, 0) is 26.3 Å². The number of hydrogen-bond donors (Lipinski definition) is 2. The molecule has 1 atom stereocenters. The van der Waals surface area contributed by atoms with E-state index in [1.807, 2.05) is 6.92 Å². The molecule has 0 saturated carbocycles. The summed E-state index contributed by atoms with van der Waals surface area (Å²) in [6.45, 7) is 3.78. The Kier molecular flexibility index (Phi) is 3.48. The molecule has 108 valence electrons. The average molecular weight is 297 g/mol. The summed E-state index contributed by atoms with van der Waals surface area (Å²) >= 11 is 6.19. The molecule has 1 aromatic rings. The summed E-state index contributed by atoms with van der Waals surface area (Å²) in [5, 5.41) is 6.55. The molecule has 2 aliphatic rings. The van der Waals surface area contributed by atoms with Gasteiger partial charge in [0.2, 0.25) is 5.91 Å². The molecule has 0 bridgehead atoms. The number of anilines is 1. The lowest BCUT2D eigenvalue weighted by Crippen LogP contribution is -2.48. The predicted molar refractivity (Wildman–Crippen MR) is 76.7 cm³/mol. The van der Waals surface area contributed by atoms with Crippen molar-refractivity contribution < 1.29 is 14.3 Å². The van der Waals surface area contributed by atoms with Gasteiger partial charge in [0.05, 0.1) is 16.2 Å². The lowest BCUT2D eigenvalue weighted by Gasteiger charge is -2.24. The van der Waals surface area contributed by atoms with Crippen molar-refractivity contribution in [2.75, 3.05) is 25.1 Å². The third kappa shape index (κ3) is 2.43. The first kappa shape index (κ1) is 13.5. The maximum Gasteiger partial charge on any atom is 0.244 e. The Morgan fingerprint density at radius 3 is 2.70 bits per heavy atom. The third-order valence-corrected chi connectivity index (χ3v) is 4.06. The van der Waals surface area contributed by atoms with Gasteiger partial charge in [-0.2, -0.15) is 0 Å². The van der Waals surface area contributed by atoms with Crippen molar-refractivity contribution >= 4 is 23.2 Å². The van der Waals surface area contributed by atoms with Crippen molar-refractivity contribution in [2.45, 2.75) is 25.3 Å². The number of halogens is 1. The van der Waals surface area contributed by atoms with E-state index in [2.05, 4.69) is 10.6 Å². The van der Waals surface area contributed by atoms with Gasteiger partial charge in [-0.3, -0.25) is 4.79 Å². The summed E-state index contributed by atoms with van der Waals surface area (Å²) in [7, 11) is 0. The average Bonchev–Trinajstić information content (AvgIpc) is 2.88. The van der Waals surface area contributed by atoms with Gasteiger partial charge in [0.1, 0.15) is 13.2 Å². The van der Waals surface area contributed by atoms with E-state index in [-0.39, 0.29) is 5.91 Å². The van der Waals surface area contributed by atoms with Crippen LogP contribution in [0.3, 0.4) is 0 Å². The van der Waals surface area contributed by atoms with E-state index in [9.17, 15) is 4.79 Å². The lowest BCUT2D eigenvalue weighted by molar-refractivity contribution is -0.121. The fraction of sp³-hybridized carbons (Fsp3) is 0.500. The molecular formula is C14H17ClN2O3. The molecule has 1 saturated heterocycles. The Morgan fingerprint density at radius 2 is 2.05 bits per heavy atom. The van der Waals surface area contributed by atoms with Crippen LogP contribution in [-0.4, -0.2) is 31.2 Å². The molecule has 0 aromatic heterocycles. The number of nitrogens with one attached hydrogen (secondary N) is 2.